The number of aryl methyl sites for hydroxylation is 1. The molecule has 0 atom stereocenters. The van der Waals surface area contributed by atoms with Crippen LogP contribution in [0.4, 0.5) is 5.69 Å². The predicted molar refractivity (Wildman–Crippen MR) is 146 cm³/mol. The van der Waals surface area contributed by atoms with Crippen LogP contribution in [0.5, 0.6) is 17.2 Å². The van der Waals surface area contributed by atoms with Gasteiger partial charge in [-0.15, -0.1) is 10.2 Å². The van der Waals surface area contributed by atoms with Gasteiger partial charge in [0.25, 0.3) is 0 Å². The highest BCUT2D eigenvalue weighted by molar-refractivity contribution is 7.99. The molecule has 0 saturated carbocycles. The summed E-state index contributed by atoms with van der Waals surface area (Å²) < 4.78 is 18.4. The lowest BCUT2D eigenvalue weighted by Crippen LogP contribution is -2.15. The number of methoxy groups -OCH3 is 2. The van der Waals surface area contributed by atoms with Crippen molar-refractivity contribution in [2.45, 2.75) is 18.7 Å². The van der Waals surface area contributed by atoms with Crippen LogP contribution in [0.15, 0.2) is 65.8 Å². The van der Waals surface area contributed by atoms with Gasteiger partial charge in [0.1, 0.15) is 23.9 Å². The Bertz CT molecular complexity index is 1410. The van der Waals surface area contributed by atoms with Crippen LogP contribution < -0.4 is 19.5 Å². The molecule has 0 aliphatic carbocycles. The molecule has 4 rings (SSSR count). The highest BCUT2D eigenvalue weighted by Gasteiger charge is 2.19. The lowest BCUT2D eigenvalue weighted by molar-refractivity contribution is -0.113. The van der Waals surface area contributed by atoms with E-state index < -0.39 is 0 Å². The van der Waals surface area contributed by atoms with Crippen molar-refractivity contribution in [3.05, 3.63) is 82.1 Å². The summed E-state index contributed by atoms with van der Waals surface area (Å²) in [4.78, 5) is 12.8. The molecule has 0 aliphatic rings. The molecule has 0 aliphatic heterocycles. The number of hydrogen-bond donors (Lipinski definition) is 1. The molecule has 11 heteroatoms. The zero-order valence-corrected chi connectivity index (χ0v) is 22.7. The number of amides is 1. The number of anilines is 1. The summed E-state index contributed by atoms with van der Waals surface area (Å²) in [6, 6.07) is 18.0. The molecule has 192 valence electrons. The van der Waals surface area contributed by atoms with Gasteiger partial charge < -0.3 is 19.5 Å². The topological polar surface area (TPSA) is 87.5 Å². The fraction of sp³-hybridized carbons (Fsp3) is 0.192. The van der Waals surface area contributed by atoms with Crippen molar-refractivity contribution in [2.75, 3.05) is 25.3 Å². The van der Waals surface area contributed by atoms with Crippen LogP contribution in [0.1, 0.15) is 11.4 Å². The molecule has 1 heterocycles. The Morgan fingerprint density at radius 1 is 1.00 bits per heavy atom. The second-order valence-corrected chi connectivity index (χ2v) is 9.57. The number of carbonyl (C=O) groups excluding carboxylic acids is 1. The molecule has 0 fully saturated rings. The zero-order chi connectivity index (χ0) is 26.4. The molecule has 1 N–H and O–H groups in total. The summed E-state index contributed by atoms with van der Waals surface area (Å²) in [6.45, 7) is 2.10. The molecular weight excluding hydrogens is 535 g/mol. The SMILES string of the molecule is COc1ccc(OC)c(NC(=O)CSc2nnc(COc3ccc(Cl)cc3Cl)n2-c2ccccc2C)c1. The number of ether oxygens (including phenoxy) is 3. The van der Waals surface area contributed by atoms with Crippen LogP contribution in [0.2, 0.25) is 10.0 Å². The number of rotatable bonds is 10. The Kier molecular flexibility index (Phi) is 8.81. The van der Waals surface area contributed by atoms with Crippen LogP contribution in [0.25, 0.3) is 5.69 Å². The zero-order valence-electron chi connectivity index (χ0n) is 20.3. The first-order valence-corrected chi connectivity index (χ1v) is 12.9. The Labute approximate surface area is 228 Å². The summed E-state index contributed by atoms with van der Waals surface area (Å²) in [5.74, 6) is 2.02. The monoisotopic (exact) mass is 558 g/mol. The number of halogens is 2. The molecule has 0 saturated heterocycles. The second kappa shape index (κ2) is 12.2. The van der Waals surface area contributed by atoms with Crippen LogP contribution in [-0.2, 0) is 11.4 Å². The maximum Gasteiger partial charge on any atom is 0.234 e. The van der Waals surface area contributed by atoms with Crippen LogP contribution in [0, 0.1) is 6.92 Å². The van der Waals surface area contributed by atoms with Crippen molar-refractivity contribution in [3.63, 3.8) is 0 Å². The van der Waals surface area contributed by atoms with E-state index in [0.717, 1.165) is 11.3 Å². The van der Waals surface area contributed by atoms with E-state index in [9.17, 15) is 4.79 Å². The second-order valence-electron chi connectivity index (χ2n) is 7.79. The smallest absolute Gasteiger partial charge is 0.234 e. The molecule has 0 spiro atoms. The summed E-state index contributed by atoms with van der Waals surface area (Å²) in [5, 5.41) is 13.0. The number of carbonyl (C=O) groups is 1. The van der Waals surface area contributed by atoms with Gasteiger partial charge in [-0.2, -0.15) is 0 Å². The first-order chi connectivity index (χ1) is 17.9. The Morgan fingerprint density at radius 2 is 1.78 bits per heavy atom. The molecule has 0 radical (unpaired) electrons. The van der Waals surface area contributed by atoms with Gasteiger partial charge in [0.05, 0.1) is 36.4 Å². The molecule has 37 heavy (non-hydrogen) atoms. The third-order valence-corrected chi connectivity index (χ3v) is 6.78. The molecule has 4 aromatic rings. The molecule has 0 bridgehead atoms. The minimum absolute atomic E-state index is 0.0915. The highest BCUT2D eigenvalue weighted by atomic mass is 35.5. The fourth-order valence-corrected chi connectivity index (χ4v) is 4.73. The molecule has 1 amide bonds. The molecule has 1 aromatic heterocycles. The normalized spacial score (nSPS) is 10.7. The van der Waals surface area contributed by atoms with E-state index in [-0.39, 0.29) is 18.3 Å². The Balaban J connectivity index is 1.54. The molecule has 0 unspecified atom stereocenters. The van der Waals surface area contributed by atoms with Crippen molar-refractivity contribution < 1.29 is 19.0 Å². The Morgan fingerprint density at radius 3 is 2.51 bits per heavy atom. The molecule has 3 aromatic carbocycles. The first-order valence-electron chi connectivity index (χ1n) is 11.1. The minimum Gasteiger partial charge on any atom is -0.497 e. The van der Waals surface area contributed by atoms with Crippen molar-refractivity contribution in [2.24, 2.45) is 0 Å². The van der Waals surface area contributed by atoms with Gasteiger partial charge in [-0.05, 0) is 48.9 Å². The van der Waals surface area contributed by atoms with Crippen molar-refractivity contribution >= 4 is 46.6 Å². The van der Waals surface area contributed by atoms with Gasteiger partial charge in [-0.1, -0.05) is 53.2 Å². The van der Waals surface area contributed by atoms with Crippen molar-refractivity contribution in [1.29, 1.82) is 0 Å². The highest BCUT2D eigenvalue weighted by Crippen LogP contribution is 2.31. The van der Waals surface area contributed by atoms with E-state index in [1.54, 1.807) is 43.5 Å². The van der Waals surface area contributed by atoms with Gasteiger partial charge in [0, 0.05) is 11.1 Å². The number of para-hydroxylation sites is 1. The van der Waals surface area contributed by atoms with Crippen LogP contribution in [-0.4, -0.2) is 40.6 Å². The third-order valence-electron chi connectivity index (χ3n) is 5.32. The lowest BCUT2D eigenvalue weighted by Gasteiger charge is -2.14. The molecular formula is C26H24Cl2N4O4S. The van der Waals surface area contributed by atoms with Crippen molar-refractivity contribution in [3.8, 4) is 22.9 Å². The number of nitrogens with zero attached hydrogens (tertiary/aromatic N) is 3. The first kappa shape index (κ1) is 26.7. The number of nitrogens with one attached hydrogen (secondary N) is 1. The summed E-state index contributed by atoms with van der Waals surface area (Å²) in [5.41, 5.74) is 2.41. The summed E-state index contributed by atoms with van der Waals surface area (Å²) >= 11 is 13.5. The standard InChI is InChI=1S/C26H24Cl2N4O4S/c1-16-6-4-5-7-21(16)32-24(14-36-22-10-8-17(27)12-19(22)28)30-31-26(32)37-15-25(33)29-20-13-18(34-2)9-11-23(20)35-3/h4-13H,14-15H2,1-3H3,(H,29,33). The third kappa shape index (κ3) is 6.49. The Hall–Kier alpha value is -3.40. The number of thioether (sulfide) groups is 1. The fourth-order valence-electron chi connectivity index (χ4n) is 3.51. The maximum atomic E-state index is 12.8. The van der Waals surface area contributed by atoms with E-state index in [2.05, 4.69) is 15.5 Å². The summed E-state index contributed by atoms with van der Waals surface area (Å²) in [6.07, 6.45) is 0. The van der Waals surface area contributed by atoms with Crippen LogP contribution >= 0.6 is 35.0 Å². The quantitative estimate of drug-likeness (QED) is 0.231. The largest absolute Gasteiger partial charge is 0.497 e. The number of aromatic nitrogens is 3. The lowest BCUT2D eigenvalue weighted by atomic mass is 10.2. The predicted octanol–water partition coefficient (Wildman–Crippen LogP) is 6.21. The molecule has 8 nitrogen and oxygen atoms in total. The van der Waals surface area contributed by atoms with E-state index >= 15 is 0 Å². The van der Waals surface area contributed by atoms with E-state index in [1.165, 1.54) is 18.9 Å². The maximum absolute atomic E-state index is 12.8. The van der Waals surface area contributed by atoms with Gasteiger partial charge >= 0.3 is 0 Å². The average Bonchev–Trinajstić information content (AvgIpc) is 3.29. The van der Waals surface area contributed by atoms with Gasteiger partial charge in [0.2, 0.25) is 5.91 Å². The van der Waals surface area contributed by atoms with E-state index in [1.807, 2.05) is 35.8 Å². The van der Waals surface area contributed by atoms with E-state index in [4.69, 9.17) is 37.4 Å². The van der Waals surface area contributed by atoms with E-state index in [0.29, 0.717) is 44.0 Å². The van der Waals surface area contributed by atoms with Gasteiger partial charge in [-0.25, -0.2) is 0 Å². The average molecular weight is 559 g/mol. The number of benzene rings is 3. The summed E-state index contributed by atoms with van der Waals surface area (Å²) in [7, 11) is 3.10. The number of hydrogen-bond acceptors (Lipinski definition) is 7. The van der Waals surface area contributed by atoms with Crippen molar-refractivity contribution in [1.82, 2.24) is 14.8 Å². The van der Waals surface area contributed by atoms with Gasteiger partial charge in [-0.3, -0.25) is 9.36 Å². The van der Waals surface area contributed by atoms with Crippen LogP contribution in [0.3, 0.4) is 0 Å². The minimum atomic E-state index is -0.235. The van der Waals surface area contributed by atoms with Gasteiger partial charge in [0.15, 0.2) is 11.0 Å².